The molecule has 2 N–H and O–H groups in total. The third-order valence-electron chi connectivity index (χ3n) is 2.38. The van der Waals surface area contributed by atoms with Gasteiger partial charge in [0.05, 0.1) is 0 Å². The molecule has 6 heteroatoms. The molecular formula is C12H24N6. The standard InChI is InChI=1S/C12H24N6/c1-7-18(8-2)11-15-9(13-6)14-10(16-11)17-12(3,4)5/h7-8H2,1-6H3,(H2,13,14,15,16,17). The Morgan fingerprint density at radius 1 is 1.00 bits per heavy atom. The number of hydrogen-bond acceptors (Lipinski definition) is 6. The first-order valence-electron chi connectivity index (χ1n) is 6.36. The van der Waals surface area contributed by atoms with Crippen LogP contribution in [-0.2, 0) is 0 Å². The average Bonchev–Trinajstić information content (AvgIpc) is 2.28. The topological polar surface area (TPSA) is 66.0 Å². The summed E-state index contributed by atoms with van der Waals surface area (Å²) in [6.45, 7) is 12.1. The number of nitrogens with one attached hydrogen (secondary N) is 2. The molecule has 18 heavy (non-hydrogen) atoms. The molecule has 0 aliphatic carbocycles. The van der Waals surface area contributed by atoms with Crippen LogP contribution in [0.15, 0.2) is 0 Å². The lowest BCUT2D eigenvalue weighted by atomic mass is 10.1. The number of rotatable bonds is 5. The molecule has 1 heterocycles. The number of anilines is 3. The zero-order valence-corrected chi connectivity index (χ0v) is 12.2. The number of hydrogen-bond donors (Lipinski definition) is 2. The second-order valence-corrected chi connectivity index (χ2v) is 5.08. The number of nitrogens with zero attached hydrogens (tertiary/aromatic N) is 4. The summed E-state index contributed by atoms with van der Waals surface area (Å²) < 4.78 is 0. The molecule has 0 atom stereocenters. The molecule has 0 aliphatic rings. The maximum absolute atomic E-state index is 4.46. The molecule has 0 spiro atoms. The van der Waals surface area contributed by atoms with Crippen LogP contribution in [0, 0.1) is 0 Å². The Hall–Kier alpha value is -1.59. The first-order chi connectivity index (χ1) is 8.39. The van der Waals surface area contributed by atoms with Crippen LogP contribution in [0.3, 0.4) is 0 Å². The fourth-order valence-electron chi connectivity index (χ4n) is 1.52. The average molecular weight is 252 g/mol. The molecule has 0 saturated carbocycles. The van der Waals surface area contributed by atoms with Gasteiger partial charge in [-0.15, -0.1) is 0 Å². The van der Waals surface area contributed by atoms with Crippen molar-refractivity contribution in [3.8, 4) is 0 Å². The summed E-state index contributed by atoms with van der Waals surface area (Å²) in [5, 5.41) is 6.24. The molecule has 0 aromatic carbocycles. The molecule has 0 saturated heterocycles. The monoisotopic (exact) mass is 252 g/mol. The Morgan fingerprint density at radius 3 is 2.00 bits per heavy atom. The van der Waals surface area contributed by atoms with Gasteiger partial charge >= 0.3 is 0 Å². The highest BCUT2D eigenvalue weighted by Gasteiger charge is 2.15. The molecule has 0 aliphatic heterocycles. The minimum atomic E-state index is -0.0765. The second-order valence-electron chi connectivity index (χ2n) is 5.08. The zero-order valence-electron chi connectivity index (χ0n) is 12.2. The highest BCUT2D eigenvalue weighted by atomic mass is 15.3. The van der Waals surface area contributed by atoms with Crippen LogP contribution in [0.25, 0.3) is 0 Å². The van der Waals surface area contributed by atoms with Gasteiger partial charge in [0.25, 0.3) is 0 Å². The van der Waals surface area contributed by atoms with Crippen LogP contribution >= 0.6 is 0 Å². The van der Waals surface area contributed by atoms with Crippen molar-refractivity contribution in [2.24, 2.45) is 0 Å². The molecule has 1 aromatic rings. The molecule has 0 bridgehead atoms. The van der Waals surface area contributed by atoms with E-state index in [4.69, 9.17) is 0 Å². The van der Waals surface area contributed by atoms with Crippen LogP contribution in [0.5, 0.6) is 0 Å². The van der Waals surface area contributed by atoms with Gasteiger partial charge in [-0.1, -0.05) is 0 Å². The van der Waals surface area contributed by atoms with Crippen molar-refractivity contribution in [1.29, 1.82) is 0 Å². The van der Waals surface area contributed by atoms with Crippen LogP contribution in [-0.4, -0.2) is 40.6 Å². The maximum Gasteiger partial charge on any atom is 0.231 e. The summed E-state index contributed by atoms with van der Waals surface area (Å²) in [5.74, 6) is 1.88. The van der Waals surface area contributed by atoms with Gasteiger partial charge in [0.1, 0.15) is 0 Å². The van der Waals surface area contributed by atoms with Gasteiger partial charge in [-0.25, -0.2) is 0 Å². The third-order valence-corrected chi connectivity index (χ3v) is 2.38. The van der Waals surface area contributed by atoms with E-state index in [1.165, 1.54) is 0 Å². The predicted octanol–water partition coefficient (Wildman–Crippen LogP) is 1.97. The SMILES string of the molecule is CCN(CC)c1nc(NC)nc(NC(C)(C)C)n1. The smallest absolute Gasteiger partial charge is 0.231 e. The normalized spacial score (nSPS) is 11.2. The van der Waals surface area contributed by atoms with Crippen molar-refractivity contribution in [2.75, 3.05) is 35.7 Å². The summed E-state index contributed by atoms with van der Waals surface area (Å²) in [7, 11) is 1.81. The van der Waals surface area contributed by atoms with E-state index in [0.29, 0.717) is 17.8 Å². The lowest BCUT2D eigenvalue weighted by Crippen LogP contribution is -2.29. The van der Waals surface area contributed by atoms with Crippen molar-refractivity contribution < 1.29 is 0 Å². The Labute approximate surface area is 109 Å². The van der Waals surface area contributed by atoms with E-state index >= 15 is 0 Å². The highest BCUT2D eigenvalue weighted by Crippen LogP contribution is 2.16. The van der Waals surface area contributed by atoms with Gasteiger partial charge in [-0.3, -0.25) is 0 Å². The summed E-state index contributed by atoms with van der Waals surface area (Å²) >= 11 is 0. The van der Waals surface area contributed by atoms with Gasteiger partial charge in [-0.2, -0.15) is 15.0 Å². The van der Waals surface area contributed by atoms with E-state index in [9.17, 15) is 0 Å². The maximum atomic E-state index is 4.46. The Bertz CT molecular complexity index is 381. The molecule has 102 valence electrons. The minimum Gasteiger partial charge on any atom is -0.357 e. The highest BCUT2D eigenvalue weighted by molar-refractivity contribution is 5.44. The predicted molar refractivity (Wildman–Crippen MR) is 76.3 cm³/mol. The lowest BCUT2D eigenvalue weighted by molar-refractivity contribution is 0.624. The molecule has 0 radical (unpaired) electrons. The van der Waals surface area contributed by atoms with Gasteiger partial charge in [0.2, 0.25) is 17.8 Å². The first kappa shape index (κ1) is 14.5. The lowest BCUT2D eigenvalue weighted by Gasteiger charge is -2.23. The third kappa shape index (κ3) is 4.01. The van der Waals surface area contributed by atoms with E-state index in [0.717, 1.165) is 13.1 Å². The molecule has 0 unspecified atom stereocenters. The molecule has 0 fully saturated rings. The van der Waals surface area contributed by atoms with E-state index in [1.54, 1.807) is 0 Å². The van der Waals surface area contributed by atoms with Gasteiger partial charge in [-0.05, 0) is 34.6 Å². The minimum absolute atomic E-state index is 0.0765. The fourth-order valence-corrected chi connectivity index (χ4v) is 1.52. The van der Waals surface area contributed by atoms with Crippen LogP contribution < -0.4 is 15.5 Å². The van der Waals surface area contributed by atoms with E-state index in [1.807, 2.05) is 7.05 Å². The van der Waals surface area contributed by atoms with Gasteiger partial charge < -0.3 is 15.5 Å². The van der Waals surface area contributed by atoms with E-state index in [-0.39, 0.29) is 5.54 Å². The van der Waals surface area contributed by atoms with Gasteiger partial charge in [0.15, 0.2) is 0 Å². The summed E-state index contributed by atoms with van der Waals surface area (Å²) in [6, 6.07) is 0. The molecule has 1 aromatic heterocycles. The molecular weight excluding hydrogens is 228 g/mol. The van der Waals surface area contributed by atoms with Crippen LogP contribution in [0.1, 0.15) is 34.6 Å². The quantitative estimate of drug-likeness (QED) is 0.835. The van der Waals surface area contributed by atoms with Crippen molar-refractivity contribution in [3.63, 3.8) is 0 Å². The summed E-state index contributed by atoms with van der Waals surface area (Å²) in [6.07, 6.45) is 0. The largest absolute Gasteiger partial charge is 0.357 e. The molecule has 1 rings (SSSR count). The van der Waals surface area contributed by atoms with Gasteiger partial charge in [0, 0.05) is 25.7 Å². The zero-order chi connectivity index (χ0) is 13.8. The van der Waals surface area contributed by atoms with Crippen molar-refractivity contribution in [3.05, 3.63) is 0 Å². The molecule has 0 amide bonds. The van der Waals surface area contributed by atoms with E-state index in [2.05, 4.69) is 65.1 Å². The van der Waals surface area contributed by atoms with Crippen LogP contribution in [0.2, 0.25) is 0 Å². The summed E-state index contributed by atoms with van der Waals surface area (Å²) in [5.41, 5.74) is -0.0765. The number of aromatic nitrogens is 3. The summed E-state index contributed by atoms with van der Waals surface area (Å²) in [4.78, 5) is 15.2. The Morgan fingerprint density at radius 2 is 1.56 bits per heavy atom. The first-order valence-corrected chi connectivity index (χ1v) is 6.36. The molecule has 6 nitrogen and oxygen atoms in total. The fraction of sp³-hybridized carbons (Fsp3) is 0.750. The van der Waals surface area contributed by atoms with E-state index < -0.39 is 0 Å². The van der Waals surface area contributed by atoms with Crippen molar-refractivity contribution in [2.45, 2.75) is 40.2 Å². The Kier molecular flexibility index (Phi) is 4.69. The Balaban J connectivity index is 3.08. The van der Waals surface area contributed by atoms with Crippen molar-refractivity contribution in [1.82, 2.24) is 15.0 Å². The van der Waals surface area contributed by atoms with Crippen molar-refractivity contribution >= 4 is 17.8 Å². The van der Waals surface area contributed by atoms with Crippen LogP contribution in [0.4, 0.5) is 17.8 Å². The second kappa shape index (κ2) is 5.84.